The van der Waals surface area contributed by atoms with Crippen molar-refractivity contribution in [2.24, 2.45) is 11.1 Å². The van der Waals surface area contributed by atoms with Crippen LogP contribution in [0.15, 0.2) is 0 Å². The van der Waals surface area contributed by atoms with Gasteiger partial charge < -0.3 is 10.6 Å². The molecule has 0 bridgehead atoms. The minimum Gasteiger partial charge on any atom is -0.344 e. The Morgan fingerprint density at radius 2 is 2.19 bits per heavy atom. The Hall–Kier alpha value is 0.130. The van der Waals surface area contributed by atoms with Crippen molar-refractivity contribution >= 4 is 29.4 Å². The summed E-state index contributed by atoms with van der Waals surface area (Å²) in [6, 6.07) is 0. The van der Waals surface area contributed by atoms with Crippen molar-refractivity contribution in [2.45, 2.75) is 19.1 Å². The van der Waals surface area contributed by atoms with Gasteiger partial charge in [0.2, 0.25) is 5.91 Å². The van der Waals surface area contributed by atoms with Crippen LogP contribution in [0.25, 0.3) is 0 Å². The molecule has 94 valence electrons. The van der Waals surface area contributed by atoms with Crippen molar-refractivity contribution in [1.29, 1.82) is 0 Å². The molecule has 0 aromatic carbocycles. The summed E-state index contributed by atoms with van der Waals surface area (Å²) in [5.74, 6) is 3.48. The van der Waals surface area contributed by atoms with Crippen LogP contribution in [0.5, 0.6) is 0 Å². The highest BCUT2D eigenvalue weighted by Gasteiger charge is 2.28. The van der Waals surface area contributed by atoms with Gasteiger partial charge in [-0.3, -0.25) is 4.79 Å². The van der Waals surface area contributed by atoms with Gasteiger partial charge >= 0.3 is 0 Å². The number of nitrogens with two attached hydrogens (primary N) is 1. The zero-order valence-electron chi connectivity index (χ0n) is 10.4. The molecule has 0 aromatic rings. The largest absolute Gasteiger partial charge is 0.344 e. The average molecular weight is 262 g/mol. The van der Waals surface area contributed by atoms with E-state index in [-0.39, 0.29) is 16.6 Å². The van der Waals surface area contributed by atoms with Crippen LogP contribution in [0.3, 0.4) is 0 Å². The second kappa shape index (κ2) is 6.17. The Balaban J connectivity index is 2.46. The molecule has 0 saturated carbocycles. The molecule has 1 unspecified atom stereocenters. The third-order valence-corrected chi connectivity index (χ3v) is 5.43. The highest BCUT2D eigenvalue weighted by Crippen LogP contribution is 2.26. The van der Waals surface area contributed by atoms with E-state index in [0.29, 0.717) is 6.54 Å². The molecule has 1 amide bonds. The van der Waals surface area contributed by atoms with Crippen molar-refractivity contribution in [1.82, 2.24) is 4.90 Å². The normalized spacial score (nSPS) is 21.9. The van der Waals surface area contributed by atoms with Crippen LogP contribution in [0, 0.1) is 5.41 Å². The maximum absolute atomic E-state index is 12.1. The molecule has 5 heteroatoms. The lowest BCUT2D eigenvalue weighted by atomic mass is 9.93. The van der Waals surface area contributed by atoms with E-state index in [1.54, 1.807) is 11.8 Å². The van der Waals surface area contributed by atoms with E-state index >= 15 is 0 Å². The lowest BCUT2D eigenvalue weighted by molar-refractivity contribution is -0.130. The van der Waals surface area contributed by atoms with E-state index in [1.165, 1.54) is 5.75 Å². The molecule has 1 saturated heterocycles. The van der Waals surface area contributed by atoms with E-state index < -0.39 is 0 Å². The van der Waals surface area contributed by atoms with Crippen molar-refractivity contribution in [3.05, 3.63) is 0 Å². The molecule has 0 radical (unpaired) electrons. The van der Waals surface area contributed by atoms with E-state index in [9.17, 15) is 4.79 Å². The second-order valence-corrected chi connectivity index (χ2v) is 7.46. The smallest absolute Gasteiger partial charge is 0.236 e. The summed E-state index contributed by atoms with van der Waals surface area (Å²) < 4.78 is 0. The molecular weight excluding hydrogens is 240 g/mol. The van der Waals surface area contributed by atoms with Gasteiger partial charge in [-0.05, 0) is 12.0 Å². The number of hydrogen-bond acceptors (Lipinski definition) is 4. The maximum atomic E-state index is 12.1. The molecule has 1 rings (SSSR count). The maximum Gasteiger partial charge on any atom is 0.236 e. The first-order valence-corrected chi connectivity index (χ1v) is 7.81. The SMILES string of the molecule is CN(CC(C)(C)CN)C(=O)C1CSCCS1. The monoisotopic (exact) mass is 262 g/mol. The third kappa shape index (κ3) is 4.18. The fourth-order valence-corrected chi connectivity index (χ4v) is 4.32. The number of amides is 1. The fraction of sp³-hybridized carbons (Fsp3) is 0.909. The van der Waals surface area contributed by atoms with E-state index in [1.807, 2.05) is 23.7 Å². The topological polar surface area (TPSA) is 46.3 Å². The van der Waals surface area contributed by atoms with Gasteiger partial charge in [-0.25, -0.2) is 0 Å². The number of nitrogens with zero attached hydrogens (tertiary/aromatic N) is 1. The summed E-state index contributed by atoms with van der Waals surface area (Å²) in [6.45, 7) is 5.54. The van der Waals surface area contributed by atoms with Crippen LogP contribution in [0.2, 0.25) is 0 Å². The second-order valence-electron chi connectivity index (χ2n) is 5.00. The van der Waals surface area contributed by atoms with Crippen LogP contribution in [-0.2, 0) is 4.79 Å². The highest BCUT2D eigenvalue weighted by molar-refractivity contribution is 8.07. The molecule has 0 aromatic heterocycles. The van der Waals surface area contributed by atoms with Crippen LogP contribution in [-0.4, -0.2) is 53.5 Å². The molecule has 1 aliphatic rings. The zero-order chi connectivity index (χ0) is 12.2. The van der Waals surface area contributed by atoms with Gasteiger partial charge in [0.1, 0.15) is 0 Å². The minimum atomic E-state index is 0.0108. The summed E-state index contributed by atoms with van der Waals surface area (Å²) in [4.78, 5) is 14.0. The molecular formula is C11H22N2OS2. The first-order valence-electron chi connectivity index (χ1n) is 5.61. The Morgan fingerprint density at radius 3 is 2.69 bits per heavy atom. The molecule has 2 N–H and O–H groups in total. The molecule has 1 aliphatic heterocycles. The van der Waals surface area contributed by atoms with Crippen molar-refractivity contribution in [3.8, 4) is 0 Å². The van der Waals surface area contributed by atoms with Gasteiger partial charge in [-0.2, -0.15) is 11.8 Å². The Morgan fingerprint density at radius 1 is 1.50 bits per heavy atom. The summed E-state index contributed by atoms with van der Waals surface area (Å²) >= 11 is 3.67. The molecule has 0 spiro atoms. The summed E-state index contributed by atoms with van der Waals surface area (Å²) in [5, 5.41) is 0.150. The summed E-state index contributed by atoms with van der Waals surface area (Å²) in [7, 11) is 1.89. The first kappa shape index (κ1) is 14.2. The molecule has 1 fully saturated rings. The van der Waals surface area contributed by atoms with Gasteiger partial charge in [0.25, 0.3) is 0 Å². The van der Waals surface area contributed by atoms with Gasteiger partial charge in [0.05, 0.1) is 5.25 Å². The lowest BCUT2D eigenvalue weighted by Crippen LogP contribution is -2.44. The number of carbonyl (C=O) groups excluding carboxylic acids is 1. The minimum absolute atomic E-state index is 0.0108. The Kier molecular flexibility index (Phi) is 5.47. The molecule has 0 aliphatic carbocycles. The third-order valence-electron chi connectivity index (χ3n) is 2.69. The average Bonchev–Trinajstić information content (AvgIpc) is 2.28. The van der Waals surface area contributed by atoms with Crippen LogP contribution in [0.4, 0.5) is 0 Å². The van der Waals surface area contributed by atoms with Crippen LogP contribution in [0.1, 0.15) is 13.8 Å². The summed E-state index contributed by atoms with van der Waals surface area (Å²) in [6.07, 6.45) is 0. The van der Waals surface area contributed by atoms with Crippen LogP contribution >= 0.6 is 23.5 Å². The van der Waals surface area contributed by atoms with E-state index in [0.717, 1.165) is 18.1 Å². The predicted molar refractivity (Wildman–Crippen MR) is 74.0 cm³/mol. The van der Waals surface area contributed by atoms with E-state index in [2.05, 4.69) is 13.8 Å². The standard InChI is InChI=1S/C11H22N2OS2/c1-11(2,7-12)8-13(3)10(14)9-6-15-4-5-16-9/h9H,4-8,12H2,1-3H3. The van der Waals surface area contributed by atoms with Crippen molar-refractivity contribution < 1.29 is 4.79 Å². The number of hydrogen-bond donors (Lipinski definition) is 1. The summed E-state index contributed by atoms with van der Waals surface area (Å²) in [5.41, 5.74) is 5.70. The lowest BCUT2D eigenvalue weighted by Gasteiger charge is -2.32. The molecule has 1 heterocycles. The highest BCUT2D eigenvalue weighted by atomic mass is 32.2. The quantitative estimate of drug-likeness (QED) is 0.829. The number of carbonyl (C=O) groups is 1. The first-order chi connectivity index (χ1) is 7.46. The fourth-order valence-electron chi connectivity index (χ4n) is 1.66. The number of rotatable bonds is 4. The molecule has 1 atom stereocenters. The zero-order valence-corrected chi connectivity index (χ0v) is 12.0. The van der Waals surface area contributed by atoms with Gasteiger partial charge in [0.15, 0.2) is 0 Å². The predicted octanol–water partition coefficient (Wildman–Crippen LogP) is 1.28. The van der Waals surface area contributed by atoms with Gasteiger partial charge in [0, 0.05) is 30.9 Å². The molecule has 16 heavy (non-hydrogen) atoms. The Labute approximate surface area is 107 Å². The Bertz CT molecular complexity index is 240. The van der Waals surface area contributed by atoms with Crippen molar-refractivity contribution in [2.75, 3.05) is 37.4 Å². The van der Waals surface area contributed by atoms with Crippen LogP contribution < -0.4 is 5.73 Å². The van der Waals surface area contributed by atoms with Gasteiger partial charge in [-0.15, -0.1) is 11.8 Å². The van der Waals surface area contributed by atoms with Gasteiger partial charge in [-0.1, -0.05) is 13.8 Å². The number of thioether (sulfide) groups is 2. The molecule has 3 nitrogen and oxygen atoms in total. The van der Waals surface area contributed by atoms with Crippen molar-refractivity contribution in [3.63, 3.8) is 0 Å². The van der Waals surface area contributed by atoms with E-state index in [4.69, 9.17) is 5.73 Å².